The Kier molecular flexibility index (Phi) is 4.34. The maximum absolute atomic E-state index is 12.3. The van der Waals surface area contributed by atoms with E-state index < -0.39 is 18.0 Å². The van der Waals surface area contributed by atoms with Crippen LogP contribution in [0.2, 0.25) is 0 Å². The molecule has 3 fully saturated rings. The molecule has 1 unspecified atom stereocenters. The molecule has 4 heterocycles. The number of rotatable bonds is 5. The molecule has 4 aliphatic heterocycles. The number of aliphatic hydroxyl groups excluding tert-OH is 1. The van der Waals surface area contributed by atoms with Gasteiger partial charge < -0.3 is 20.4 Å². The van der Waals surface area contributed by atoms with Crippen molar-refractivity contribution >= 4 is 23.6 Å². The van der Waals surface area contributed by atoms with Crippen LogP contribution in [0.3, 0.4) is 0 Å². The molecule has 0 aromatic carbocycles. The van der Waals surface area contributed by atoms with Crippen LogP contribution in [0.1, 0.15) is 20.3 Å². The zero-order valence-corrected chi connectivity index (χ0v) is 15.3. The Hall–Kier alpha value is -1.09. The second-order valence-electron chi connectivity index (χ2n) is 7.61. The number of nitrogens with one attached hydrogen (secondary N) is 1. The number of thioether (sulfide) groups is 1. The van der Waals surface area contributed by atoms with Crippen LogP contribution < -0.4 is 5.32 Å². The number of carboxylic acid groups (broad SMARTS) is 1. The van der Waals surface area contributed by atoms with Crippen LogP contribution in [0, 0.1) is 11.8 Å². The van der Waals surface area contributed by atoms with E-state index >= 15 is 0 Å². The molecule has 7 nitrogen and oxygen atoms in total. The molecule has 0 spiro atoms. The largest absolute Gasteiger partial charge is 0.477 e. The first-order chi connectivity index (χ1) is 11.9. The lowest BCUT2D eigenvalue weighted by Crippen LogP contribution is -2.63. The molecule has 1 amide bonds. The first kappa shape index (κ1) is 17.3. The number of likely N-dealkylation sites (tertiary alicyclic amines) is 1. The number of fused-ring (bicyclic) bond motifs is 1. The summed E-state index contributed by atoms with van der Waals surface area (Å²) >= 11 is 1.63. The number of carboxylic acids is 1. The van der Waals surface area contributed by atoms with Crippen molar-refractivity contribution in [1.82, 2.24) is 15.1 Å². The molecule has 25 heavy (non-hydrogen) atoms. The highest BCUT2D eigenvalue weighted by atomic mass is 32.2. The van der Waals surface area contributed by atoms with Crippen molar-refractivity contribution in [2.24, 2.45) is 11.8 Å². The number of β-lactam (4-membered cyclic amide) rings is 1. The van der Waals surface area contributed by atoms with E-state index in [0.717, 1.165) is 31.1 Å². The predicted molar refractivity (Wildman–Crippen MR) is 93.9 cm³/mol. The molecule has 0 bridgehead atoms. The van der Waals surface area contributed by atoms with Gasteiger partial charge in [-0.15, -0.1) is 11.8 Å². The number of hydrogen-bond donors (Lipinski definition) is 3. The molecule has 5 atom stereocenters. The normalized spacial score (nSPS) is 37.1. The number of carbonyl (C=O) groups excluding carboxylic acids is 1. The predicted octanol–water partition coefficient (Wildman–Crippen LogP) is -0.0806. The lowest BCUT2D eigenvalue weighted by Gasteiger charge is -2.46. The molecule has 0 aliphatic carbocycles. The minimum atomic E-state index is -1.04. The van der Waals surface area contributed by atoms with Crippen LogP contribution in [0.15, 0.2) is 10.6 Å². The van der Waals surface area contributed by atoms with Crippen LogP contribution in [0.4, 0.5) is 0 Å². The summed E-state index contributed by atoms with van der Waals surface area (Å²) in [6, 6.07) is 0.392. The highest BCUT2D eigenvalue weighted by Gasteiger charge is 2.60. The second-order valence-corrected chi connectivity index (χ2v) is 8.95. The van der Waals surface area contributed by atoms with E-state index in [1.54, 1.807) is 18.7 Å². The molecular formula is C17H25N3O4S. The first-order valence-corrected chi connectivity index (χ1v) is 9.88. The molecule has 4 rings (SSSR count). The Labute approximate surface area is 151 Å². The average Bonchev–Trinajstić information content (AvgIpc) is 3.08. The molecular weight excluding hydrogens is 342 g/mol. The number of hydrogen-bond acceptors (Lipinski definition) is 6. The fourth-order valence-electron chi connectivity index (χ4n) is 4.65. The number of nitrogens with zero attached hydrogens (tertiary/aromatic N) is 2. The van der Waals surface area contributed by atoms with Crippen molar-refractivity contribution in [3.63, 3.8) is 0 Å². The molecule has 0 aromatic rings. The topological polar surface area (TPSA) is 93.1 Å². The van der Waals surface area contributed by atoms with Crippen LogP contribution in [0.25, 0.3) is 0 Å². The Morgan fingerprint density at radius 1 is 1.40 bits per heavy atom. The standard InChI is InChI=1S/C17H25N3O4S/c1-8-13-12(9(2)21)16(22)20(13)14(17(23)24)15(8)25-11-6-19(7-11)10-3-4-18-5-10/h8-13,18,21H,3-7H2,1-2H3,(H,23,24)/t8-,9-,10?,12-,13-/m1/s1. The van der Waals surface area contributed by atoms with Gasteiger partial charge in [-0.2, -0.15) is 0 Å². The number of aliphatic hydroxyl groups is 1. The van der Waals surface area contributed by atoms with Crippen LogP contribution >= 0.6 is 11.8 Å². The molecule has 0 saturated carbocycles. The van der Waals surface area contributed by atoms with E-state index in [1.807, 2.05) is 6.92 Å². The van der Waals surface area contributed by atoms with Crippen LogP contribution in [-0.2, 0) is 9.59 Å². The van der Waals surface area contributed by atoms with Gasteiger partial charge in [-0.25, -0.2) is 4.79 Å². The molecule has 0 aromatic heterocycles. The monoisotopic (exact) mass is 367 g/mol. The van der Waals surface area contributed by atoms with Gasteiger partial charge in [0.2, 0.25) is 5.91 Å². The zero-order valence-electron chi connectivity index (χ0n) is 14.5. The zero-order chi connectivity index (χ0) is 17.9. The first-order valence-electron chi connectivity index (χ1n) is 9.00. The highest BCUT2D eigenvalue weighted by molar-refractivity contribution is 8.03. The van der Waals surface area contributed by atoms with Gasteiger partial charge in [-0.1, -0.05) is 6.92 Å². The quantitative estimate of drug-likeness (QED) is 0.585. The van der Waals surface area contributed by atoms with Gasteiger partial charge in [0, 0.05) is 41.7 Å². The van der Waals surface area contributed by atoms with Gasteiger partial charge in [0.25, 0.3) is 0 Å². The molecule has 3 N–H and O–H groups in total. The van der Waals surface area contributed by atoms with Gasteiger partial charge in [0.1, 0.15) is 5.70 Å². The summed E-state index contributed by atoms with van der Waals surface area (Å²) < 4.78 is 0. The Bertz CT molecular complexity index is 625. The van der Waals surface area contributed by atoms with Crippen molar-refractivity contribution in [1.29, 1.82) is 0 Å². The van der Waals surface area contributed by atoms with Crippen molar-refractivity contribution in [3.8, 4) is 0 Å². The molecule has 138 valence electrons. The highest BCUT2D eigenvalue weighted by Crippen LogP contribution is 2.52. The van der Waals surface area contributed by atoms with E-state index in [1.165, 1.54) is 11.3 Å². The van der Waals surface area contributed by atoms with Gasteiger partial charge in [-0.3, -0.25) is 9.69 Å². The Morgan fingerprint density at radius 3 is 2.68 bits per heavy atom. The number of aliphatic carboxylic acids is 1. The third kappa shape index (κ3) is 2.61. The van der Waals surface area contributed by atoms with E-state index in [2.05, 4.69) is 10.2 Å². The number of carbonyl (C=O) groups is 2. The Balaban J connectivity index is 1.47. The van der Waals surface area contributed by atoms with Gasteiger partial charge >= 0.3 is 5.97 Å². The van der Waals surface area contributed by atoms with Gasteiger partial charge in [0.05, 0.1) is 18.1 Å². The van der Waals surface area contributed by atoms with E-state index in [-0.39, 0.29) is 23.6 Å². The minimum Gasteiger partial charge on any atom is -0.477 e. The fourth-order valence-corrected chi connectivity index (χ4v) is 6.19. The number of amides is 1. The molecule has 3 saturated heterocycles. The van der Waals surface area contributed by atoms with Crippen LogP contribution in [-0.4, -0.2) is 81.5 Å². The summed E-state index contributed by atoms with van der Waals surface area (Å²) in [5.74, 6) is -1.81. The van der Waals surface area contributed by atoms with Crippen molar-refractivity contribution in [2.45, 2.75) is 43.7 Å². The van der Waals surface area contributed by atoms with Crippen molar-refractivity contribution in [2.75, 3.05) is 26.2 Å². The lowest BCUT2D eigenvalue weighted by molar-refractivity contribution is -0.163. The molecule has 4 aliphatic rings. The van der Waals surface area contributed by atoms with E-state index in [9.17, 15) is 19.8 Å². The summed E-state index contributed by atoms with van der Waals surface area (Å²) in [6.45, 7) is 7.64. The van der Waals surface area contributed by atoms with Crippen LogP contribution in [0.5, 0.6) is 0 Å². The third-order valence-corrected chi connectivity index (χ3v) is 7.48. The summed E-state index contributed by atoms with van der Waals surface area (Å²) in [4.78, 5) is 28.8. The maximum atomic E-state index is 12.3. The smallest absolute Gasteiger partial charge is 0.353 e. The van der Waals surface area contributed by atoms with Gasteiger partial charge in [-0.05, 0) is 19.9 Å². The SMILES string of the molecule is C[C@@H](O)[C@H]1C(=O)N2C(C(=O)O)=C(SC3CN(C4CCNC4)C3)[C@H](C)[C@H]12. The minimum absolute atomic E-state index is 0.0319. The second kappa shape index (κ2) is 6.26. The maximum Gasteiger partial charge on any atom is 0.353 e. The molecule has 8 heteroatoms. The van der Waals surface area contributed by atoms with E-state index in [4.69, 9.17) is 0 Å². The lowest BCUT2D eigenvalue weighted by atomic mass is 9.79. The third-order valence-electron chi connectivity index (χ3n) is 6.03. The van der Waals surface area contributed by atoms with Crippen molar-refractivity contribution < 1.29 is 19.8 Å². The van der Waals surface area contributed by atoms with Crippen molar-refractivity contribution in [3.05, 3.63) is 10.6 Å². The summed E-state index contributed by atoms with van der Waals surface area (Å²) in [7, 11) is 0. The average molecular weight is 367 g/mol. The Morgan fingerprint density at radius 2 is 2.12 bits per heavy atom. The van der Waals surface area contributed by atoms with E-state index in [0.29, 0.717) is 11.3 Å². The fraction of sp³-hybridized carbons (Fsp3) is 0.765. The summed E-state index contributed by atoms with van der Waals surface area (Å²) in [5, 5.41) is 23.3. The van der Waals surface area contributed by atoms with Gasteiger partial charge in [0.15, 0.2) is 0 Å². The molecule has 0 radical (unpaired) electrons. The summed E-state index contributed by atoms with van der Waals surface area (Å²) in [6.07, 6.45) is 0.432. The summed E-state index contributed by atoms with van der Waals surface area (Å²) in [5.41, 5.74) is 0.144.